The number of nitrogens with zero attached hydrogens (tertiary/aromatic N) is 3. The van der Waals surface area contributed by atoms with Crippen LogP contribution in [-0.4, -0.2) is 24.9 Å². The topological polar surface area (TPSA) is 89.8 Å². The van der Waals surface area contributed by atoms with Crippen molar-refractivity contribution in [1.82, 2.24) is 19.1 Å². The maximum absolute atomic E-state index is 12.3. The Labute approximate surface area is 118 Å². The van der Waals surface area contributed by atoms with Crippen molar-refractivity contribution in [1.29, 1.82) is 0 Å². The van der Waals surface area contributed by atoms with E-state index in [2.05, 4.69) is 9.97 Å². The lowest BCUT2D eigenvalue weighted by Crippen LogP contribution is -2.36. The number of imidazole rings is 1. The molecule has 0 saturated heterocycles. The fourth-order valence-electron chi connectivity index (χ4n) is 2.16. The third-order valence-electron chi connectivity index (χ3n) is 3.35. The van der Waals surface area contributed by atoms with Crippen LogP contribution in [0, 0.1) is 0 Å². The Morgan fingerprint density at radius 3 is 2.43 bits per heavy atom. The number of fused-ring (bicyclic) bond motifs is 1. The number of hydrogen-bond acceptors (Lipinski definition) is 4. The predicted octanol–water partition coefficient (Wildman–Crippen LogP) is 0.191. The SMILES string of the molecule is Cn1c(=O)c2[nH]c(C(=O)c3ccccc3)nc2n(C)c1=O. The number of nitrogens with one attached hydrogen (secondary N) is 1. The molecule has 3 rings (SSSR count). The van der Waals surface area contributed by atoms with Gasteiger partial charge in [-0.2, -0.15) is 0 Å². The van der Waals surface area contributed by atoms with Gasteiger partial charge in [-0.05, 0) is 0 Å². The van der Waals surface area contributed by atoms with Gasteiger partial charge in [0.2, 0.25) is 5.78 Å². The number of aryl methyl sites for hydroxylation is 1. The van der Waals surface area contributed by atoms with E-state index in [9.17, 15) is 14.4 Å². The summed E-state index contributed by atoms with van der Waals surface area (Å²) in [5.74, 6) is -0.296. The van der Waals surface area contributed by atoms with Crippen LogP contribution in [0.1, 0.15) is 16.2 Å². The first kappa shape index (κ1) is 13.0. The van der Waals surface area contributed by atoms with Gasteiger partial charge < -0.3 is 4.98 Å². The summed E-state index contributed by atoms with van der Waals surface area (Å²) < 4.78 is 2.20. The first-order chi connectivity index (χ1) is 10.0. The Bertz CT molecular complexity index is 964. The van der Waals surface area contributed by atoms with Crippen molar-refractivity contribution in [3.05, 3.63) is 62.6 Å². The molecule has 0 spiro atoms. The highest BCUT2D eigenvalue weighted by Crippen LogP contribution is 2.10. The van der Waals surface area contributed by atoms with Crippen LogP contribution in [-0.2, 0) is 14.1 Å². The molecule has 0 atom stereocenters. The van der Waals surface area contributed by atoms with Crippen LogP contribution in [0.2, 0.25) is 0 Å². The minimum Gasteiger partial charge on any atom is -0.329 e. The summed E-state index contributed by atoms with van der Waals surface area (Å²) >= 11 is 0. The summed E-state index contributed by atoms with van der Waals surface area (Å²) in [6, 6.07) is 8.60. The van der Waals surface area contributed by atoms with Crippen LogP contribution in [0.4, 0.5) is 0 Å². The van der Waals surface area contributed by atoms with Gasteiger partial charge >= 0.3 is 5.69 Å². The standard InChI is InChI=1S/C14H12N4O3/c1-17-12-9(13(20)18(2)14(17)21)15-11(16-12)10(19)8-6-4-3-5-7-8/h3-7H,1-2H3,(H,15,16). The second-order valence-corrected chi connectivity index (χ2v) is 4.68. The lowest BCUT2D eigenvalue weighted by Gasteiger charge is -2.00. The molecule has 7 heteroatoms. The zero-order valence-corrected chi connectivity index (χ0v) is 11.5. The Morgan fingerprint density at radius 2 is 1.76 bits per heavy atom. The number of aromatic nitrogens is 4. The summed E-state index contributed by atoms with van der Waals surface area (Å²) in [6.45, 7) is 0. The van der Waals surface area contributed by atoms with Gasteiger partial charge in [0.25, 0.3) is 5.56 Å². The first-order valence-corrected chi connectivity index (χ1v) is 6.26. The van der Waals surface area contributed by atoms with Crippen molar-refractivity contribution in [2.24, 2.45) is 14.1 Å². The molecule has 0 radical (unpaired) electrons. The summed E-state index contributed by atoms with van der Waals surface area (Å²) in [4.78, 5) is 43.0. The Balaban J connectivity index is 2.26. The van der Waals surface area contributed by atoms with Crippen molar-refractivity contribution in [2.75, 3.05) is 0 Å². The molecule has 7 nitrogen and oxygen atoms in total. The van der Waals surface area contributed by atoms with Crippen LogP contribution < -0.4 is 11.2 Å². The predicted molar refractivity (Wildman–Crippen MR) is 76.5 cm³/mol. The molecule has 0 unspecified atom stereocenters. The molecule has 0 aliphatic heterocycles. The minimum absolute atomic E-state index is 0.0366. The molecule has 2 heterocycles. The summed E-state index contributed by atoms with van der Waals surface area (Å²) in [5, 5.41) is 0. The van der Waals surface area contributed by atoms with E-state index in [0.717, 1.165) is 4.57 Å². The monoisotopic (exact) mass is 284 g/mol. The smallest absolute Gasteiger partial charge is 0.329 e. The minimum atomic E-state index is -0.507. The maximum atomic E-state index is 12.3. The number of rotatable bonds is 2. The average molecular weight is 284 g/mol. The molecule has 0 saturated carbocycles. The molecular formula is C14H12N4O3. The summed E-state index contributed by atoms with van der Waals surface area (Å²) in [6.07, 6.45) is 0. The second-order valence-electron chi connectivity index (χ2n) is 4.68. The van der Waals surface area contributed by atoms with Crippen LogP contribution in [0.3, 0.4) is 0 Å². The molecule has 2 aromatic heterocycles. The number of hydrogen-bond donors (Lipinski definition) is 1. The number of aromatic amines is 1. The molecule has 0 fully saturated rings. The van der Waals surface area contributed by atoms with Crippen LogP contribution >= 0.6 is 0 Å². The van der Waals surface area contributed by atoms with Gasteiger partial charge in [-0.3, -0.25) is 18.7 Å². The fraction of sp³-hybridized carbons (Fsp3) is 0.143. The van der Waals surface area contributed by atoms with E-state index in [1.54, 1.807) is 30.3 Å². The van der Waals surface area contributed by atoms with Crippen molar-refractivity contribution < 1.29 is 4.79 Å². The van der Waals surface area contributed by atoms with Gasteiger partial charge in [-0.1, -0.05) is 30.3 Å². The highest BCUT2D eigenvalue weighted by atomic mass is 16.2. The van der Waals surface area contributed by atoms with Crippen molar-refractivity contribution in [3.63, 3.8) is 0 Å². The van der Waals surface area contributed by atoms with E-state index in [4.69, 9.17) is 0 Å². The third kappa shape index (κ3) is 1.90. The van der Waals surface area contributed by atoms with E-state index in [-0.39, 0.29) is 22.8 Å². The number of H-pyrrole nitrogens is 1. The van der Waals surface area contributed by atoms with Crippen molar-refractivity contribution in [2.45, 2.75) is 0 Å². The number of benzene rings is 1. The van der Waals surface area contributed by atoms with Gasteiger partial charge in [0.05, 0.1) is 0 Å². The van der Waals surface area contributed by atoms with Gasteiger partial charge in [0, 0.05) is 19.7 Å². The number of carbonyl (C=O) groups is 1. The number of carbonyl (C=O) groups excluding carboxylic acids is 1. The molecule has 0 bridgehead atoms. The highest BCUT2D eigenvalue weighted by molar-refractivity contribution is 6.07. The van der Waals surface area contributed by atoms with E-state index in [1.165, 1.54) is 18.7 Å². The van der Waals surface area contributed by atoms with E-state index >= 15 is 0 Å². The summed E-state index contributed by atoms with van der Waals surface area (Å²) in [7, 11) is 2.88. The third-order valence-corrected chi connectivity index (χ3v) is 3.35. The summed E-state index contributed by atoms with van der Waals surface area (Å²) in [5.41, 5.74) is -0.231. The average Bonchev–Trinajstić information content (AvgIpc) is 2.96. The van der Waals surface area contributed by atoms with Gasteiger partial charge in [0.15, 0.2) is 11.5 Å². The quantitative estimate of drug-likeness (QED) is 0.680. The largest absolute Gasteiger partial charge is 0.332 e. The Morgan fingerprint density at radius 1 is 1.10 bits per heavy atom. The molecule has 1 N–H and O–H groups in total. The second kappa shape index (κ2) is 4.55. The molecule has 1 aromatic carbocycles. The van der Waals surface area contributed by atoms with Gasteiger partial charge in [-0.15, -0.1) is 0 Å². The van der Waals surface area contributed by atoms with Gasteiger partial charge in [0.1, 0.15) is 5.52 Å². The molecule has 0 amide bonds. The van der Waals surface area contributed by atoms with Gasteiger partial charge in [-0.25, -0.2) is 9.78 Å². The Hall–Kier alpha value is -2.96. The zero-order chi connectivity index (χ0) is 15.1. The molecule has 106 valence electrons. The molecule has 0 aliphatic rings. The van der Waals surface area contributed by atoms with E-state index < -0.39 is 11.2 Å². The lowest BCUT2D eigenvalue weighted by atomic mass is 10.1. The zero-order valence-electron chi connectivity index (χ0n) is 11.5. The van der Waals surface area contributed by atoms with Crippen molar-refractivity contribution >= 4 is 16.9 Å². The van der Waals surface area contributed by atoms with E-state index in [0.29, 0.717) is 5.56 Å². The maximum Gasteiger partial charge on any atom is 0.332 e. The lowest BCUT2D eigenvalue weighted by molar-refractivity contribution is 0.103. The highest BCUT2D eigenvalue weighted by Gasteiger charge is 2.18. The number of ketones is 1. The van der Waals surface area contributed by atoms with Crippen LogP contribution in [0.15, 0.2) is 39.9 Å². The molecular weight excluding hydrogens is 272 g/mol. The van der Waals surface area contributed by atoms with Crippen LogP contribution in [0.5, 0.6) is 0 Å². The first-order valence-electron chi connectivity index (χ1n) is 6.26. The molecule has 3 aromatic rings. The fourth-order valence-corrected chi connectivity index (χ4v) is 2.16. The van der Waals surface area contributed by atoms with Crippen LogP contribution in [0.25, 0.3) is 11.2 Å². The molecule has 0 aliphatic carbocycles. The Kier molecular flexibility index (Phi) is 2.83. The van der Waals surface area contributed by atoms with Crippen molar-refractivity contribution in [3.8, 4) is 0 Å². The normalized spacial score (nSPS) is 11.0. The van der Waals surface area contributed by atoms with E-state index in [1.807, 2.05) is 0 Å². The molecule has 21 heavy (non-hydrogen) atoms.